The molecule has 3 aromatic heterocycles. The lowest BCUT2D eigenvalue weighted by atomic mass is 10.1. The van der Waals surface area contributed by atoms with E-state index in [-0.39, 0.29) is 18.0 Å². The largest absolute Gasteiger partial charge is 0.324 e. The molecule has 5 aromatic rings. The first-order chi connectivity index (χ1) is 16.4. The Kier molecular flexibility index (Phi) is 5.71. The fourth-order valence-corrected chi connectivity index (χ4v) is 5.20. The minimum absolute atomic E-state index is 0.0881. The molecular formula is C27H24N4O2S. The Morgan fingerprint density at radius 2 is 1.82 bits per heavy atom. The molecule has 3 heterocycles. The second-order valence-electron chi connectivity index (χ2n) is 8.33. The second-order valence-corrected chi connectivity index (χ2v) is 9.33. The number of benzene rings is 2. The van der Waals surface area contributed by atoms with Gasteiger partial charge >= 0.3 is 0 Å². The third kappa shape index (κ3) is 3.99. The molecule has 0 saturated carbocycles. The minimum atomic E-state index is -0.254. The Morgan fingerprint density at radius 3 is 2.56 bits per heavy atom. The van der Waals surface area contributed by atoms with Crippen LogP contribution in [0.2, 0.25) is 0 Å². The quantitative estimate of drug-likeness (QED) is 0.370. The zero-order valence-electron chi connectivity index (χ0n) is 19.3. The van der Waals surface area contributed by atoms with Gasteiger partial charge in [0.2, 0.25) is 5.91 Å². The van der Waals surface area contributed by atoms with Crippen LogP contribution in [-0.2, 0) is 17.8 Å². The van der Waals surface area contributed by atoms with E-state index < -0.39 is 0 Å². The number of fused-ring (bicyclic) bond motifs is 3. The van der Waals surface area contributed by atoms with Crippen molar-refractivity contribution in [3.8, 4) is 11.3 Å². The molecule has 0 spiro atoms. The van der Waals surface area contributed by atoms with Gasteiger partial charge in [-0.15, -0.1) is 11.3 Å². The number of anilines is 1. The van der Waals surface area contributed by atoms with Crippen molar-refractivity contribution in [1.82, 2.24) is 14.5 Å². The van der Waals surface area contributed by atoms with Crippen molar-refractivity contribution in [1.29, 1.82) is 0 Å². The van der Waals surface area contributed by atoms with Crippen LogP contribution in [0.25, 0.3) is 31.7 Å². The van der Waals surface area contributed by atoms with Gasteiger partial charge in [-0.1, -0.05) is 55.0 Å². The van der Waals surface area contributed by atoms with Crippen LogP contribution in [0.15, 0.2) is 65.5 Å². The van der Waals surface area contributed by atoms with Gasteiger partial charge in [0.15, 0.2) is 0 Å². The smallest absolute Gasteiger partial charge is 0.272 e. The van der Waals surface area contributed by atoms with E-state index in [9.17, 15) is 9.59 Å². The highest BCUT2D eigenvalue weighted by Gasteiger charge is 2.18. The Labute approximate surface area is 200 Å². The molecule has 7 heteroatoms. The third-order valence-corrected chi connectivity index (χ3v) is 6.94. The number of rotatable bonds is 5. The number of hydrogen-bond acceptors (Lipinski definition) is 5. The predicted molar refractivity (Wildman–Crippen MR) is 139 cm³/mol. The number of carbonyl (C=O) groups is 1. The average Bonchev–Trinajstić information content (AvgIpc) is 3.21. The lowest BCUT2D eigenvalue weighted by Gasteiger charge is -2.13. The van der Waals surface area contributed by atoms with Gasteiger partial charge in [0.05, 0.1) is 11.2 Å². The van der Waals surface area contributed by atoms with Crippen molar-refractivity contribution in [3.63, 3.8) is 0 Å². The van der Waals surface area contributed by atoms with Crippen LogP contribution in [-0.4, -0.2) is 20.4 Å². The van der Waals surface area contributed by atoms with Gasteiger partial charge in [-0.3, -0.25) is 14.2 Å². The molecule has 0 aliphatic rings. The Bertz CT molecular complexity index is 1600. The van der Waals surface area contributed by atoms with Crippen molar-refractivity contribution in [2.45, 2.75) is 33.7 Å². The maximum atomic E-state index is 13.5. The Balaban J connectivity index is 1.54. The molecule has 1 N–H and O–H groups in total. The molecule has 5 rings (SSSR count). The monoisotopic (exact) mass is 468 g/mol. The molecule has 1 amide bonds. The van der Waals surface area contributed by atoms with Gasteiger partial charge in [-0.25, -0.2) is 9.97 Å². The zero-order chi connectivity index (χ0) is 23.8. The van der Waals surface area contributed by atoms with E-state index in [2.05, 4.69) is 5.32 Å². The standard InChI is InChI=1S/C27H24N4O2S/c1-4-22-30-24-19-11-13-21(18-8-6-5-7-9-18)29-26(19)34-25(24)27(33)31(22)15-23(32)28-20-12-10-16(2)14-17(20)3/h5-14H,4,15H2,1-3H3,(H,28,32). The van der Waals surface area contributed by atoms with Crippen molar-refractivity contribution < 1.29 is 4.79 Å². The summed E-state index contributed by atoms with van der Waals surface area (Å²) in [4.78, 5) is 36.6. The SMILES string of the molecule is CCc1nc2c(sc3nc(-c4ccccc4)ccc32)c(=O)n1CC(=O)Nc1ccc(C)cc1C. The number of aromatic nitrogens is 3. The summed E-state index contributed by atoms with van der Waals surface area (Å²) in [5.41, 5.74) is 5.17. The number of aryl methyl sites for hydroxylation is 3. The van der Waals surface area contributed by atoms with Crippen LogP contribution in [0.4, 0.5) is 5.69 Å². The first-order valence-corrected chi connectivity index (χ1v) is 12.0. The van der Waals surface area contributed by atoms with Crippen molar-refractivity contribution >= 4 is 43.4 Å². The maximum Gasteiger partial charge on any atom is 0.272 e. The first-order valence-electron chi connectivity index (χ1n) is 11.2. The van der Waals surface area contributed by atoms with Gasteiger partial charge in [-0.05, 0) is 37.6 Å². The third-order valence-electron chi connectivity index (χ3n) is 5.86. The van der Waals surface area contributed by atoms with Crippen LogP contribution in [0.5, 0.6) is 0 Å². The number of hydrogen-bond donors (Lipinski definition) is 1. The van der Waals surface area contributed by atoms with Gasteiger partial charge in [-0.2, -0.15) is 0 Å². The van der Waals surface area contributed by atoms with Gasteiger partial charge in [0.1, 0.15) is 21.9 Å². The molecule has 0 radical (unpaired) electrons. The Morgan fingerprint density at radius 1 is 1.03 bits per heavy atom. The second kappa shape index (κ2) is 8.83. The number of carbonyl (C=O) groups excluding carboxylic acids is 1. The van der Waals surface area contributed by atoms with Crippen LogP contribution < -0.4 is 10.9 Å². The fraction of sp³-hybridized carbons (Fsp3) is 0.185. The highest BCUT2D eigenvalue weighted by molar-refractivity contribution is 7.25. The normalized spacial score (nSPS) is 11.3. The number of thiophene rings is 1. The van der Waals surface area contributed by atoms with E-state index in [1.807, 2.05) is 81.4 Å². The van der Waals surface area contributed by atoms with E-state index in [0.717, 1.165) is 38.3 Å². The zero-order valence-corrected chi connectivity index (χ0v) is 20.1. The van der Waals surface area contributed by atoms with E-state index >= 15 is 0 Å². The average molecular weight is 469 g/mol. The summed E-state index contributed by atoms with van der Waals surface area (Å²) < 4.78 is 2.00. The van der Waals surface area contributed by atoms with Crippen LogP contribution in [0.3, 0.4) is 0 Å². The topological polar surface area (TPSA) is 76.9 Å². The molecule has 0 fully saturated rings. The molecule has 34 heavy (non-hydrogen) atoms. The van der Waals surface area contributed by atoms with Crippen LogP contribution in [0.1, 0.15) is 23.9 Å². The molecule has 0 atom stereocenters. The molecular weight excluding hydrogens is 444 g/mol. The summed E-state index contributed by atoms with van der Waals surface area (Å²) in [5.74, 6) is 0.329. The summed E-state index contributed by atoms with van der Waals surface area (Å²) >= 11 is 1.33. The highest BCUT2D eigenvalue weighted by Crippen LogP contribution is 2.31. The molecule has 0 aliphatic heterocycles. The minimum Gasteiger partial charge on any atom is -0.324 e. The van der Waals surface area contributed by atoms with Crippen LogP contribution in [0, 0.1) is 13.8 Å². The number of nitrogens with zero attached hydrogens (tertiary/aromatic N) is 3. The number of pyridine rings is 1. The molecule has 0 bridgehead atoms. The summed E-state index contributed by atoms with van der Waals surface area (Å²) in [6.45, 7) is 5.81. The van der Waals surface area contributed by atoms with Gasteiger partial charge in [0, 0.05) is 23.1 Å². The van der Waals surface area contributed by atoms with Gasteiger partial charge < -0.3 is 5.32 Å². The molecule has 0 saturated heterocycles. The van der Waals surface area contributed by atoms with E-state index in [1.165, 1.54) is 15.9 Å². The molecule has 2 aromatic carbocycles. The number of nitrogens with one attached hydrogen (secondary N) is 1. The number of amides is 1. The van der Waals surface area contributed by atoms with Crippen molar-refractivity contribution in [2.75, 3.05) is 5.32 Å². The predicted octanol–water partition coefficient (Wildman–Crippen LogP) is 5.49. The Hall–Kier alpha value is -3.84. The maximum absolute atomic E-state index is 13.5. The van der Waals surface area contributed by atoms with Crippen molar-refractivity contribution in [2.24, 2.45) is 0 Å². The molecule has 0 aliphatic carbocycles. The summed E-state index contributed by atoms with van der Waals surface area (Å²) in [6.07, 6.45) is 0.537. The van der Waals surface area contributed by atoms with Crippen molar-refractivity contribution in [3.05, 3.63) is 88.0 Å². The molecule has 170 valence electrons. The first kappa shape index (κ1) is 22.0. The fourth-order valence-electron chi connectivity index (χ4n) is 4.14. The van der Waals surface area contributed by atoms with Crippen LogP contribution >= 0.6 is 11.3 Å². The lowest BCUT2D eigenvalue weighted by molar-refractivity contribution is -0.116. The summed E-state index contributed by atoms with van der Waals surface area (Å²) in [5, 5.41) is 3.79. The molecule has 0 unspecified atom stereocenters. The van der Waals surface area contributed by atoms with E-state index in [1.54, 1.807) is 0 Å². The highest BCUT2D eigenvalue weighted by atomic mass is 32.1. The van der Waals surface area contributed by atoms with Gasteiger partial charge in [0.25, 0.3) is 5.56 Å². The van der Waals surface area contributed by atoms with E-state index in [4.69, 9.17) is 9.97 Å². The van der Waals surface area contributed by atoms with E-state index in [0.29, 0.717) is 22.5 Å². The molecule has 6 nitrogen and oxygen atoms in total. The summed E-state index contributed by atoms with van der Waals surface area (Å²) in [7, 11) is 0. The lowest BCUT2D eigenvalue weighted by Crippen LogP contribution is -2.30. The summed E-state index contributed by atoms with van der Waals surface area (Å²) in [6, 6.07) is 19.7.